The van der Waals surface area contributed by atoms with Crippen molar-refractivity contribution in [1.82, 2.24) is 10.3 Å². The molecule has 2 aromatic rings. The molecule has 6 nitrogen and oxygen atoms in total. The molecule has 1 heterocycles. The molecule has 1 aromatic carbocycles. The van der Waals surface area contributed by atoms with Crippen LogP contribution in [0.2, 0.25) is 0 Å². The third kappa shape index (κ3) is 4.58. The number of aromatic amines is 1. The zero-order chi connectivity index (χ0) is 17.5. The molecule has 24 heavy (non-hydrogen) atoms. The first-order valence-corrected chi connectivity index (χ1v) is 8.22. The van der Waals surface area contributed by atoms with Crippen molar-refractivity contribution in [1.29, 1.82) is 0 Å². The molecule has 0 fully saturated rings. The number of carbonyl (C=O) groups excluding carboxylic acids is 1. The van der Waals surface area contributed by atoms with E-state index in [0.29, 0.717) is 6.61 Å². The lowest BCUT2D eigenvalue weighted by atomic mass is 10.0. The molecule has 130 valence electrons. The van der Waals surface area contributed by atoms with E-state index in [2.05, 4.69) is 10.3 Å². The summed E-state index contributed by atoms with van der Waals surface area (Å²) in [5.41, 5.74) is 1.80. The number of aliphatic carboxylic acids is 1. The van der Waals surface area contributed by atoms with Crippen molar-refractivity contribution in [2.45, 2.75) is 45.3 Å². The van der Waals surface area contributed by atoms with Crippen LogP contribution in [0, 0.1) is 0 Å². The monoisotopic (exact) mass is 332 g/mol. The summed E-state index contributed by atoms with van der Waals surface area (Å²) in [4.78, 5) is 26.8. The van der Waals surface area contributed by atoms with E-state index in [4.69, 9.17) is 4.74 Å². The molecule has 3 N–H and O–H groups in total. The predicted octanol–water partition coefficient (Wildman–Crippen LogP) is 2.49. The van der Waals surface area contributed by atoms with Crippen molar-refractivity contribution in [3.63, 3.8) is 0 Å². The number of carbonyl (C=O) groups is 2. The number of hydrogen-bond donors (Lipinski definition) is 3. The minimum Gasteiger partial charge on any atom is -0.480 e. The van der Waals surface area contributed by atoms with Crippen LogP contribution < -0.4 is 5.32 Å². The average Bonchev–Trinajstić information content (AvgIpc) is 2.97. The highest BCUT2D eigenvalue weighted by molar-refractivity contribution is 5.88. The van der Waals surface area contributed by atoms with E-state index in [1.54, 1.807) is 13.1 Å². The topological polar surface area (TPSA) is 91.4 Å². The Bertz CT molecular complexity index is 695. The molecule has 1 aromatic heterocycles. The largest absolute Gasteiger partial charge is 0.480 e. The number of aromatic nitrogens is 1. The number of ether oxygens (including phenoxy) is 1. The van der Waals surface area contributed by atoms with E-state index in [-0.39, 0.29) is 6.42 Å². The highest BCUT2D eigenvalue weighted by Crippen LogP contribution is 2.19. The van der Waals surface area contributed by atoms with Gasteiger partial charge in [-0.05, 0) is 25.0 Å². The molecular weight excluding hydrogens is 308 g/mol. The van der Waals surface area contributed by atoms with Crippen LogP contribution in [-0.2, 0) is 20.7 Å². The van der Waals surface area contributed by atoms with Crippen LogP contribution in [-0.4, -0.2) is 40.7 Å². The van der Waals surface area contributed by atoms with Crippen LogP contribution >= 0.6 is 0 Å². The second-order valence-electron chi connectivity index (χ2n) is 5.83. The third-order valence-corrected chi connectivity index (χ3v) is 3.95. The summed E-state index contributed by atoms with van der Waals surface area (Å²) in [6.45, 7) is 4.16. The SMILES string of the molecule is CCCCOC(C)C(=O)NC(Cc1c[nH]c2ccccc12)C(=O)O. The van der Waals surface area contributed by atoms with Gasteiger partial charge in [0, 0.05) is 30.1 Å². The van der Waals surface area contributed by atoms with E-state index in [0.717, 1.165) is 29.3 Å². The van der Waals surface area contributed by atoms with Gasteiger partial charge in [-0.25, -0.2) is 4.79 Å². The Morgan fingerprint density at radius 3 is 2.79 bits per heavy atom. The Kier molecular flexibility index (Phi) is 6.37. The Morgan fingerprint density at radius 1 is 1.33 bits per heavy atom. The molecule has 2 atom stereocenters. The van der Waals surface area contributed by atoms with Crippen molar-refractivity contribution in [3.8, 4) is 0 Å². The van der Waals surface area contributed by atoms with Gasteiger partial charge < -0.3 is 20.1 Å². The minimum absolute atomic E-state index is 0.215. The summed E-state index contributed by atoms with van der Waals surface area (Å²) in [5, 5.41) is 13.0. The fourth-order valence-corrected chi connectivity index (χ4v) is 2.49. The maximum atomic E-state index is 12.1. The normalized spacial score (nSPS) is 13.6. The molecule has 0 saturated heterocycles. The minimum atomic E-state index is -1.06. The Hall–Kier alpha value is -2.34. The summed E-state index contributed by atoms with van der Waals surface area (Å²) in [6, 6.07) is 6.68. The van der Waals surface area contributed by atoms with Gasteiger partial charge in [-0.15, -0.1) is 0 Å². The van der Waals surface area contributed by atoms with Crippen molar-refractivity contribution in [3.05, 3.63) is 36.0 Å². The third-order valence-electron chi connectivity index (χ3n) is 3.95. The first kappa shape index (κ1) is 18.0. The van der Waals surface area contributed by atoms with Crippen LogP contribution in [0.15, 0.2) is 30.5 Å². The fourth-order valence-electron chi connectivity index (χ4n) is 2.49. The van der Waals surface area contributed by atoms with E-state index < -0.39 is 24.0 Å². The molecule has 0 aliphatic heterocycles. The highest BCUT2D eigenvalue weighted by Gasteiger charge is 2.24. The number of unbranched alkanes of at least 4 members (excludes halogenated alkanes) is 1. The second-order valence-corrected chi connectivity index (χ2v) is 5.83. The van der Waals surface area contributed by atoms with E-state index in [1.165, 1.54) is 0 Å². The molecular formula is C18H24N2O4. The van der Waals surface area contributed by atoms with E-state index in [1.807, 2.05) is 31.2 Å². The summed E-state index contributed by atoms with van der Waals surface area (Å²) in [5.74, 6) is -1.47. The lowest BCUT2D eigenvalue weighted by molar-refractivity contribution is -0.144. The molecule has 2 rings (SSSR count). The van der Waals surface area contributed by atoms with E-state index in [9.17, 15) is 14.7 Å². The Labute approximate surface area is 141 Å². The average molecular weight is 332 g/mol. The number of benzene rings is 1. The van der Waals surface area contributed by atoms with Gasteiger partial charge in [-0.3, -0.25) is 4.79 Å². The first-order valence-electron chi connectivity index (χ1n) is 8.22. The number of rotatable bonds is 9. The number of carboxylic acids is 1. The van der Waals surface area contributed by atoms with E-state index >= 15 is 0 Å². The van der Waals surface area contributed by atoms with Crippen molar-refractivity contribution in [2.75, 3.05) is 6.61 Å². The standard InChI is InChI=1S/C18H24N2O4/c1-3-4-9-24-12(2)17(21)20-16(18(22)23)10-13-11-19-15-8-6-5-7-14(13)15/h5-8,11-12,16,19H,3-4,9-10H2,1-2H3,(H,20,21)(H,22,23). The lowest BCUT2D eigenvalue weighted by Crippen LogP contribution is -2.46. The highest BCUT2D eigenvalue weighted by atomic mass is 16.5. The summed E-state index contributed by atoms with van der Waals surface area (Å²) in [6.07, 6.45) is 3.18. The van der Waals surface area contributed by atoms with Gasteiger partial charge in [0.05, 0.1) is 0 Å². The zero-order valence-corrected chi connectivity index (χ0v) is 14.0. The maximum Gasteiger partial charge on any atom is 0.326 e. The maximum absolute atomic E-state index is 12.1. The van der Waals surface area contributed by atoms with Gasteiger partial charge in [0.15, 0.2) is 0 Å². The number of hydrogen-bond acceptors (Lipinski definition) is 3. The van der Waals surface area contributed by atoms with Gasteiger partial charge in [-0.2, -0.15) is 0 Å². The van der Waals surface area contributed by atoms with Gasteiger partial charge in [0.25, 0.3) is 0 Å². The predicted molar refractivity (Wildman–Crippen MR) is 91.9 cm³/mol. The van der Waals surface area contributed by atoms with Gasteiger partial charge in [0.1, 0.15) is 12.1 Å². The van der Waals surface area contributed by atoms with Gasteiger partial charge in [-0.1, -0.05) is 31.5 Å². The van der Waals surface area contributed by atoms with Crippen molar-refractivity contribution in [2.24, 2.45) is 0 Å². The molecule has 0 aliphatic carbocycles. The molecule has 0 saturated carbocycles. The number of fused-ring (bicyclic) bond motifs is 1. The molecule has 0 radical (unpaired) electrons. The smallest absolute Gasteiger partial charge is 0.326 e. The number of H-pyrrole nitrogens is 1. The number of para-hydroxylation sites is 1. The van der Waals surface area contributed by atoms with Crippen LogP contribution in [0.5, 0.6) is 0 Å². The molecule has 1 amide bonds. The van der Waals surface area contributed by atoms with Crippen molar-refractivity contribution >= 4 is 22.8 Å². The molecule has 6 heteroatoms. The number of nitrogens with one attached hydrogen (secondary N) is 2. The van der Waals surface area contributed by atoms with Crippen molar-refractivity contribution < 1.29 is 19.4 Å². The molecule has 2 unspecified atom stereocenters. The zero-order valence-electron chi connectivity index (χ0n) is 14.0. The first-order chi connectivity index (χ1) is 11.5. The Balaban J connectivity index is 2.02. The van der Waals surface area contributed by atoms with Crippen LogP contribution in [0.4, 0.5) is 0 Å². The van der Waals surface area contributed by atoms with Crippen LogP contribution in [0.3, 0.4) is 0 Å². The summed E-state index contributed by atoms with van der Waals surface area (Å²) in [7, 11) is 0. The number of carboxylic acid groups (broad SMARTS) is 1. The van der Waals surface area contributed by atoms with Gasteiger partial charge in [0.2, 0.25) is 5.91 Å². The fraction of sp³-hybridized carbons (Fsp3) is 0.444. The summed E-state index contributed by atoms with van der Waals surface area (Å²) >= 11 is 0. The molecule has 0 spiro atoms. The van der Waals surface area contributed by atoms with Gasteiger partial charge >= 0.3 is 5.97 Å². The number of amides is 1. The lowest BCUT2D eigenvalue weighted by Gasteiger charge is -2.18. The Morgan fingerprint density at radius 2 is 2.08 bits per heavy atom. The molecule has 0 aliphatic rings. The van der Waals surface area contributed by atoms with Crippen LogP contribution in [0.25, 0.3) is 10.9 Å². The molecule has 0 bridgehead atoms. The second kappa shape index (κ2) is 8.49. The van der Waals surface area contributed by atoms with Crippen LogP contribution in [0.1, 0.15) is 32.3 Å². The summed E-state index contributed by atoms with van der Waals surface area (Å²) < 4.78 is 5.42. The quantitative estimate of drug-likeness (QED) is 0.615.